The molecule has 0 atom stereocenters. The molecule has 100 valence electrons. The van der Waals surface area contributed by atoms with Crippen molar-refractivity contribution in [2.75, 3.05) is 0 Å². The number of nitriles is 1. The number of hydrogen-bond acceptors (Lipinski definition) is 3. The second-order valence-corrected chi connectivity index (χ2v) is 5.96. The van der Waals surface area contributed by atoms with Crippen LogP contribution in [0.25, 0.3) is 5.70 Å². The molecule has 2 nitrogen and oxygen atoms in total. The lowest BCUT2D eigenvalue weighted by molar-refractivity contribution is -0.577. The summed E-state index contributed by atoms with van der Waals surface area (Å²) in [6.45, 7) is 2.01. The normalized spacial score (nSPS) is 11.6. The van der Waals surface area contributed by atoms with Gasteiger partial charge in [-0.3, -0.25) is 0 Å². The Morgan fingerprint density at radius 2 is 1.85 bits per heavy atom. The first-order valence-electron chi connectivity index (χ1n) is 6.17. The maximum Gasteiger partial charge on any atom is 0.275 e. The highest BCUT2D eigenvalue weighted by molar-refractivity contribution is 8.10. The van der Waals surface area contributed by atoms with Crippen LogP contribution in [0.15, 0.2) is 59.1 Å². The van der Waals surface area contributed by atoms with Gasteiger partial charge < -0.3 is 12.6 Å². The van der Waals surface area contributed by atoms with Crippen LogP contribution in [0.1, 0.15) is 11.1 Å². The molecule has 0 unspecified atom stereocenters. The molecule has 1 heterocycles. The van der Waals surface area contributed by atoms with Gasteiger partial charge in [0.2, 0.25) is 0 Å². The highest BCUT2D eigenvalue weighted by Crippen LogP contribution is 2.22. The number of aryl methyl sites for hydroxylation is 1. The molecule has 0 bridgehead atoms. The van der Waals surface area contributed by atoms with Crippen LogP contribution in [0.2, 0.25) is 0 Å². The average molecular weight is 298 g/mol. The first-order chi connectivity index (χ1) is 9.70. The van der Waals surface area contributed by atoms with Crippen LogP contribution in [0.3, 0.4) is 0 Å². The molecule has 2 rings (SSSR count). The minimum Gasteiger partial charge on any atom is -0.766 e. The molecule has 0 saturated carbocycles. The number of allylic oxidation sites excluding steroid dienone is 1. The summed E-state index contributed by atoms with van der Waals surface area (Å²) in [5.41, 5.74) is 2.85. The summed E-state index contributed by atoms with van der Waals surface area (Å²) >= 11 is 6.88. The fraction of sp³-hybridized carbons (Fsp3) is 0.125. The van der Waals surface area contributed by atoms with E-state index in [-0.39, 0.29) is 0 Å². The molecule has 1 aromatic carbocycles. The molecule has 20 heavy (non-hydrogen) atoms. The van der Waals surface area contributed by atoms with Crippen molar-refractivity contribution >= 4 is 30.1 Å². The van der Waals surface area contributed by atoms with Crippen molar-refractivity contribution in [2.45, 2.75) is 12.7 Å². The van der Waals surface area contributed by atoms with E-state index in [1.807, 2.05) is 49.6 Å². The van der Waals surface area contributed by atoms with Gasteiger partial charge in [-0.2, -0.15) is 9.83 Å². The molecule has 1 aromatic heterocycles. The van der Waals surface area contributed by atoms with E-state index >= 15 is 0 Å². The minimum absolute atomic E-state index is 0.501. The van der Waals surface area contributed by atoms with Crippen LogP contribution in [0, 0.1) is 18.3 Å². The summed E-state index contributed by atoms with van der Waals surface area (Å²) in [6.07, 6.45) is 3.73. The molecule has 2 aromatic rings. The van der Waals surface area contributed by atoms with Crippen molar-refractivity contribution < 1.29 is 4.57 Å². The zero-order chi connectivity index (χ0) is 14.4. The van der Waals surface area contributed by atoms with Gasteiger partial charge in [-0.25, -0.2) is 0 Å². The standard InChI is InChI=1S/C16H14N2S2/c1-13-7-9-18(10-8-13)15(11-17)16(19)20-12-14-5-3-2-4-6-14/h2-10H,12H2,1H3. The second-order valence-electron chi connectivity index (χ2n) is 4.30. The summed E-state index contributed by atoms with van der Waals surface area (Å²) in [6, 6.07) is 16.2. The van der Waals surface area contributed by atoms with Gasteiger partial charge in [-0.05, 0) is 18.1 Å². The van der Waals surface area contributed by atoms with Gasteiger partial charge in [-0.1, -0.05) is 34.6 Å². The van der Waals surface area contributed by atoms with Crippen LogP contribution in [0.4, 0.5) is 0 Å². The lowest BCUT2D eigenvalue weighted by Gasteiger charge is -2.11. The lowest BCUT2D eigenvalue weighted by atomic mass is 10.2. The zero-order valence-corrected chi connectivity index (χ0v) is 12.7. The number of pyridine rings is 1. The predicted molar refractivity (Wildman–Crippen MR) is 85.3 cm³/mol. The third-order valence-corrected chi connectivity index (χ3v) is 4.25. The number of thioether (sulfide) groups is 1. The molecule has 4 heteroatoms. The van der Waals surface area contributed by atoms with Crippen molar-refractivity contribution in [1.82, 2.24) is 0 Å². The summed E-state index contributed by atoms with van der Waals surface area (Å²) in [4.78, 5) is 0. The van der Waals surface area contributed by atoms with Gasteiger partial charge in [-0.15, -0.1) is 11.8 Å². The molecule has 0 N–H and O–H groups in total. The summed E-state index contributed by atoms with van der Waals surface area (Å²) in [7, 11) is 0. The fourth-order valence-corrected chi connectivity index (χ4v) is 2.76. The van der Waals surface area contributed by atoms with E-state index in [4.69, 9.17) is 12.6 Å². The monoisotopic (exact) mass is 298 g/mol. The number of nitrogens with zero attached hydrogens (tertiary/aromatic N) is 2. The Bertz CT molecular complexity index is 640. The average Bonchev–Trinajstić information content (AvgIpc) is 2.49. The van der Waals surface area contributed by atoms with Crippen molar-refractivity contribution in [3.05, 3.63) is 70.2 Å². The Morgan fingerprint density at radius 1 is 1.20 bits per heavy atom. The molecule has 0 spiro atoms. The third kappa shape index (κ3) is 3.83. The number of hydrogen-bond donors (Lipinski definition) is 0. The van der Waals surface area contributed by atoms with E-state index in [1.165, 1.54) is 17.3 Å². The highest BCUT2D eigenvalue weighted by atomic mass is 32.2. The van der Waals surface area contributed by atoms with Crippen LogP contribution in [-0.2, 0) is 18.4 Å². The van der Waals surface area contributed by atoms with Gasteiger partial charge >= 0.3 is 0 Å². The molecule has 0 fully saturated rings. The third-order valence-electron chi connectivity index (χ3n) is 2.77. The zero-order valence-electron chi connectivity index (χ0n) is 11.1. The van der Waals surface area contributed by atoms with E-state index in [1.54, 1.807) is 4.57 Å². The number of rotatable bonds is 4. The molecule has 0 aliphatic carbocycles. The van der Waals surface area contributed by atoms with Gasteiger partial charge in [0.05, 0.1) is 0 Å². The van der Waals surface area contributed by atoms with E-state index in [0.29, 0.717) is 9.93 Å². The number of benzene rings is 1. The Balaban J connectivity index is 2.16. The topological polar surface area (TPSA) is 27.7 Å². The van der Waals surface area contributed by atoms with Gasteiger partial charge in [0.25, 0.3) is 5.70 Å². The van der Waals surface area contributed by atoms with E-state index in [9.17, 15) is 5.26 Å². The van der Waals surface area contributed by atoms with E-state index in [2.05, 4.69) is 18.2 Å². The van der Waals surface area contributed by atoms with Crippen molar-refractivity contribution in [2.24, 2.45) is 0 Å². The summed E-state index contributed by atoms with van der Waals surface area (Å²) < 4.78 is 2.39. The van der Waals surface area contributed by atoms with Gasteiger partial charge in [0, 0.05) is 17.9 Å². The maximum atomic E-state index is 9.31. The first-order valence-corrected chi connectivity index (χ1v) is 7.56. The largest absolute Gasteiger partial charge is 0.766 e. The second kappa shape index (κ2) is 7.09. The number of aromatic nitrogens is 1. The van der Waals surface area contributed by atoms with E-state index < -0.39 is 0 Å². The van der Waals surface area contributed by atoms with Crippen LogP contribution in [-0.4, -0.2) is 0 Å². The minimum atomic E-state index is 0.501. The molecular formula is C16H14N2S2. The Hall–Kier alpha value is -1.83. The van der Waals surface area contributed by atoms with Crippen molar-refractivity contribution in [1.29, 1.82) is 5.26 Å². The molecule has 0 aliphatic rings. The van der Waals surface area contributed by atoms with Gasteiger partial charge in [0.1, 0.15) is 0 Å². The van der Waals surface area contributed by atoms with Gasteiger partial charge in [0.15, 0.2) is 18.5 Å². The SMILES string of the molecule is Cc1cc[n+](C(C#N)=C([S-])SCc2ccccc2)cc1. The quantitative estimate of drug-likeness (QED) is 0.492. The predicted octanol–water partition coefficient (Wildman–Crippen LogP) is 3.41. The van der Waals surface area contributed by atoms with Crippen LogP contribution in [0.5, 0.6) is 0 Å². The highest BCUT2D eigenvalue weighted by Gasteiger charge is 2.09. The maximum absolute atomic E-state index is 9.31. The summed E-state index contributed by atoms with van der Waals surface area (Å²) in [5.74, 6) is 0.775. The Morgan fingerprint density at radius 3 is 2.45 bits per heavy atom. The van der Waals surface area contributed by atoms with E-state index in [0.717, 1.165) is 11.3 Å². The molecule has 0 amide bonds. The van der Waals surface area contributed by atoms with Crippen LogP contribution < -0.4 is 4.57 Å². The lowest BCUT2D eigenvalue weighted by Crippen LogP contribution is -2.31. The fourth-order valence-electron chi connectivity index (χ4n) is 1.65. The Kier molecular flexibility index (Phi) is 5.16. The van der Waals surface area contributed by atoms with Crippen molar-refractivity contribution in [3.63, 3.8) is 0 Å². The molecule has 0 saturated heterocycles. The summed E-state index contributed by atoms with van der Waals surface area (Å²) in [5, 5.41) is 9.31. The first kappa shape index (κ1) is 14.6. The molecular weight excluding hydrogens is 284 g/mol. The van der Waals surface area contributed by atoms with Crippen LogP contribution >= 0.6 is 11.8 Å². The smallest absolute Gasteiger partial charge is 0.275 e. The van der Waals surface area contributed by atoms with Crippen molar-refractivity contribution in [3.8, 4) is 6.07 Å². The molecule has 0 aliphatic heterocycles. The Labute approximate surface area is 129 Å². The molecule has 0 radical (unpaired) electrons.